The van der Waals surface area contributed by atoms with Crippen molar-refractivity contribution in [2.75, 3.05) is 25.0 Å². The van der Waals surface area contributed by atoms with Gasteiger partial charge in [-0.25, -0.2) is 0 Å². The zero-order chi connectivity index (χ0) is 13.8. The highest BCUT2D eigenvalue weighted by Crippen LogP contribution is 2.28. The molecule has 1 saturated heterocycles. The fourth-order valence-electron chi connectivity index (χ4n) is 2.43. The largest absolute Gasteiger partial charge is 0.423 e. The first kappa shape index (κ1) is 13.4. The molecule has 5 nitrogen and oxygen atoms in total. The zero-order valence-electron chi connectivity index (χ0n) is 11.1. The van der Waals surface area contributed by atoms with Crippen molar-refractivity contribution < 1.29 is 4.42 Å². The number of benzene rings is 1. The summed E-state index contributed by atoms with van der Waals surface area (Å²) in [6.45, 7) is 3.14. The van der Waals surface area contributed by atoms with Gasteiger partial charge in [-0.1, -0.05) is 11.6 Å². The third kappa shape index (κ3) is 3.11. The fraction of sp³-hybridized carbons (Fsp3) is 0.429. The summed E-state index contributed by atoms with van der Waals surface area (Å²) in [5, 5.41) is 15.1. The minimum atomic E-state index is 0.506. The first-order valence-corrected chi connectivity index (χ1v) is 7.21. The van der Waals surface area contributed by atoms with Crippen LogP contribution in [0.4, 0.5) is 5.69 Å². The average Bonchev–Trinajstić information content (AvgIpc) is 3.02. The molecule has 0 unspecified atom stereocenters. The number of nitrogens with zero attached hydrogens (tertiary/aromatic N) is 2. The standard InChI is InChI=1S/C14H17ClN4O/c15-12-2-1-11(14-19-18-9-20-14)7-13(12)17-8-10-3-5-16-6-4-10/h1-2,7,9-10,16-17H,3-6,8H2. The lowest BCUT2D eigenvalue weighted by Gasteiger charge is -2.23. The Morgan fingerprint density at radius 2 is 2.20 bits per heavy atom. The minimum absolute atomic E-state index is 0.506. The predicted molar refractivity (Wildman–Crippen MR) is 78.8 cm³/mol. The molecule has 0 radical (unpaired) electrons. The number of nitrogens with one attached hydrogen (secondary N) is 2. The molecule has 106 valence electrons. The molecule has 0 spiro atoms. The summed E-state index contributed by atoms with van der Waals surface area (Å²) in [6, 6.07) is 5.69. The molecular formula is C14H17ClN4O. The van der Waals surface area contributed by atoms with E-state index in [0.29, 0.717) is 16.8 Å². The number of piperidine rings is 1. The van der Waals surface area contributed by atoms with Crippen LogP contribution in [0.15, 0.2) is 29.0 Å². The zero-order valence-corrected chi connectivity index (χ0v) is 11.9. The van der Waals surface area contributed by atoms with Crippen LogP contribution in [-0.4, -0.2) is 29.8 Å². The van der Waals surface area contributed by atoms with Crippen molar-refractivity contribution in [1.29, 1.82) is 0 Å². The second-order valence-electron chi connectivity index (χ2n) is 5.01. The topological polar surface area (TPSA) is 63.0 Å². The Hall–Kier alpha value is -1.59. The lowest BCUT2D eigenvalue weighted by Crippen LogP contribution is -2.31. The third-order valence-corrected chi connectivity index (χ3v) is 3.94. The van der Waals surface area contributed by atoms with E-state index in [2.05, 4.69) is 20.8 Å². The highest BCUT2D eigenvalue weighted by atomic mass is 35.5. The van der Waals surface area contributed by atoms with Crippen LogP contribution in [0.1, 0.15) is 12.8 Å². The Balaban J connectivity index is 1.70. The molecule has 0 saturated carbocycles. The molecule has 2 N–H and O–H groups in total. The van der Waals surface area contributed by atoms with Gasteiger partial charge in [0.15, 0.2) is 0 Å². The van der Waals surface area contributed by atoms with Crippen molar-refractivity contribution in [3.8, 4) is 11.5 Å². The monoisotopic (exact) mass is 292 g/mol. The smallest absolute Gasteiger partial charge is 0.247 e. The van der Waals surface area contributed by atoms with E-state index in [9.17, 15) is 0 Å². The van der Waals surface area contributed by atoms with Crippen LogP contribution in [0.2, 0.25) is 5.02 Å². The molecule has 3 rings (SSSR count). The average molecular weight is 293 g/mol. The van der Waals surface area contributed by atoms with Crippen LogP contribution >= 0.6 is 11.6 Å². The molecule has 2 aromatic rings. The second kappa shape index (κ2) is 6.24. The summed E-state index contributed by atoms with van der Waals surface area (Å²) in [5.74, 6) is 1.20. The Morgan fingerprint density at radius 1 is 1.35 bits per heavy atom. The van der Waals surface area contributed by atoms with Gasteiger partial charge in [0.2, 0.25) is 12.3 Å². The number of halogens is 1. The van der Waals surface area contributed by atoms with Gasteiger partial charge >= 0.3 is 0 Å². The van der Waals surface area contributed by atoms with Crippen molar-refractivity contribution in [2.24, 2.45) is 5.92 Å². The molecule has 1 fully saturated rings. The summed E-state index contributed by atoms with van der Waals surface area (Å²) >= 11 is 6.23. The molecule has 0 aliphatic carbocycles. The molecule has 0 amide bonds. The normalized spacial score (nSPS) is 16.2. The highest BCUT2D eigenvalue weighted by molar-refractivity contribution is 6.33. The quantitative estimate of drug-likeness (QED) is 0.907. The molecule has 2 heterocycles. The van der Waals surface area contributed by atoms with Crippen molar-refractivity contribution in [3.05, 3.63) is 29.6 Å². The summed E-state index contributed by atoms with van der Waals surface area (Å²) in [5.41, 5.74) is 1.79. The van der Waals surface area contributed by atoms with E-state index in [1.54, 1.807) is 0 Å². The van der Waals surface area contributed by atoms with Crippen LogP contribution in [0.5, 0.6) is 0 Å². The fourth-order valence-corrected chi connectivity index (χ4v) is 2.62. The first-order chi connectivity index (χ1) is 9.83. The first-order valence-electron chi connectivity index (χ1n) is 6.83. The Bertz CT molecular complexity index is 552. The number of hydrogen-bond donors (Lipinski definition) is 2. The van der Waals surface area contributed by atoms with Crippen LogP contribution in [0, 0.1) is 5.92 Å². The number of rotatable bonds is 4. The molecule has 1 aliphatic rings. The van der Waals surface area contributed by atoms with Crippen LogP contribution in [0.3, 0.4) is 0 Å². The Morgan fingerprint density at radius 3 is 2.95 bits per heavy atom. The maximum atomic E-state index is 6.23. The number of anilines is 1. The highest BCUT2D eigenvalue weighted by Gasteiger charge is 2.14. The van der Waals surface area contributed by atoms with E-state index >= 15 is 0 Å². The summed E-state index contributed by atoms with van der Waals surface area (Å²) in [4.78, 5) is 0. The van der Waals surface area contributed by atoms with Gasteiger partial charge < -0.3 is 15.1 Å². The van der Waals surface area contributed by atoms with Gasteiger partial charge in [0.25, 0.3) is 0 Å². The predicted octanol–water partition coefficient (Wildman–Crippen LogP) is 2.80. The number of aromatic nitrogens is 2. The summed E-state index contributed by atoms with van der Waals surface area (Å²) in [7, 11) is 0. The molecule has 1 aliphatic heterocycles. The van der Waals surface area contributed by atoms with Gasteiger partial charge in [-0.15, -0.1) is 10.2 Å². The molecule has 0 atom stereocenters. The van der Waals surface area contributed by atoms with E-state index in [0.717, 1.165) is 30.9 Å². The van der Waals surface area contributed by atoms with E-state index < -0.39 is 0 Å². The van der Waals surface area contributed by atoms with E-state index in [1.165, 1.54) is 19.2 Å². The maximum absolute atomic E-state index is 6.23. The van der Waals surface area contributed by atoms with Crippen LogP contribution in [0.25, 0.3) is 11.5 Å². The molecule has 1 aromatic carbocycles. The van der Waals surface area contributed by atoms with E-state index in [-0.39, 0.29) is 0 Å². The summed E-state index contributed by atoms with van der Waals surface area (Å²) < 4.78 is 5.21. The summed E-state index contributed by atoms with van der Waals surface area (Å²) in [6.07, 6.45) is 3.73. The van der Waals surface area contributed by atoms with Gasteiger partial charge in [0.1, 0.15) is 0 Å². The van der Waals surface area contributed by atoms with Gasteiger partial charge in [-0.3, -0.25) is 0 Å². The van der Waals surface area contributed by atoms with Gasteiger partial charge in [0, 0.05) is 12.1 Å². The van der Waals surface area contributed by atoms with Gasteiger partial charge in [0.05, 0.1) is 10.7 Å². The Labute approximate surface area is 122 Å². The van der Waals surface area contributed by atoms with E-state index in [4.69, 9.17) is 16.0 Å². The van der Waals surface area contributed by atoms with Crippen molar-refractivity contribution in [2.45, 2.75) is 12.8 Å². The van der Waals surface area contributed by atoms with Gasteiger partial charge in [-0.05, 0) is 50.0 Å². The van der Waals surface area contributed by atoms with Crippen molar-refractivity contribution in [1.82, 2.24) is 15.5 Å². The van der Waals surface area contributed by atoms with Crippen molar-refractivity contribution in [3.63, 3.8) is 0 Å². The minimum Gasteiger partial charge on any atom is -0.423 e. The third-order valence-electron chi connectivity index (χ3n) is 3.61. The molecule has 1 aromatic heterocycles. The second-order valence-corrected chi connectivity index (χ2v) is 5.42. The lowest BCUT2D eigenvalue weighted by molar-refractivity contribution is 0.390. The molecular weight excluding hydrogens is 276 g/mol. The van der Waals surface area contributed by atoms with Crippen LogP contribution < -0.4 is 10.6 Å². The van der Waals surface area contributed by atoms with Crippen LogP contribution in [-0.2, 0) is 0 Å². The van der Waals surface area contributed by atoms with Gasteiger partial charge in [-0.2, -0.15) is 0 Å². The Kier molecular flexibility index (Phi) is 4.18. The number of hydrogen-bond acceptors (Lipinski definition) is 5. The maximum Gasteiger partial charge on any atom is 0.247 e. The SMILES string of the molecule is Clc1ccc(-c2nnco2)cc1NCC1CCNCC1. The lowest BCUT2D eigenvalue weighted by atomic mass is 9.98. The van der Waals surface area contributed by atoms with E-state index in [1.807, 2.05) is 18.2 Å². The molecule has 0 bridgehead atoms. The molecule has 20 heavy (non-hydrogen) atoms. The van der Waals surface area contributed by atoms with Crippen molar-refractivity contribution >= 4 is 17.3 Å². The molecule has 6 heteroatoms.